The zero-order valence-corrected chi connectivity index (χ0v) is 12.4. The Morgan fingerprint density at radius 1 is 0.636 bits per heavy atom. The molecule has 0 amide bonds. The first-order valence-electron chi connectivity index (χ1n) is 6.20. The van der Waals surface area contributed by atoms with Crippen molar-refractivity contribution in [3.8, 4) is 23.7 Å². The summed E-state index contributed by atoms with van der Waals surface area (Å²) in [5.41, 5.74) is -4.77. The molecular formula is C16H14F4O2. The maximum absolute atomic E-state index is 13.8. The maximum atomic E-state index is 13.8. The molecule has 0 saturated carbocycles. The second-order valence-corrected chi connectivity index (χ2v) is 5.62. The summed E-state index contributed by atoms with van der Waals surface area (Å²) in [4.78, 5) is 0. The van der Waals surface area contributed by atoms with Gasteiger partial charge in [-0.25, -0.2) is 17.6 Å². The lowest BCUT2D eigenvalue weighted by Crippen LogP contribution is -2.16. The van der Waals surface area contributed by atoms with Crippen molar-refractivity contribution in [2.24, 2.45) is 0 Å². The van der Waals surface area contributed by atoms with E-state index in [1.807, 2.05) is 0 Å². The molecule has 118 valence electrons. The third-order valence-corrected chi connectivity index (χ3v) is 2.25. The standard InChI is InChI=1S/C16H14F4O2/c1-15(2,21)7-5-9-10(6-8-16(3,4)22)12(18)14(20)13(19)11(9)17/h21-22H,1-4H3. The summed E-state index contributed by atoms with van der Waals surface area (Å²) >= 11 is 0. The normalized spacial score (nSPS) is 11.4. The van der Waals surface area contributed by atoms with Crippen molar-refractivity contribution in [2.45, 2.75) is 38.9 Å². The molecule has 22 heavy (non-hydrogen) atoms. The van der Waals surface area contributed by atoms with Crippen LogP contribution in [0.3, 0.4) is 0 Å². The summed E-state index contributed by atoms with van der Waals surface area (Å²) in [6.07, 6.45) is 0. The topological polar surface area (TPSA) is 40.5 Å². The van der Waals surface area contributed by atoms with Crippen molar-refractivity contribution in [3.05, 3.63) is 34.4 Å². The molecule has 0 bridgehead atoms. The van der Waals surface area contributed by atoms with Gasteiger partial charge in [0.15, 0.2) is 23.3 Å². The Labute approximate surface area is 125 Å². The van der Waals surface area contributed by atoms with Gasteiger partial charge in [-0.3, -0.25) is 0 Å². The first-order chi connectivity index (χ1) is 9.83. The van der Waals surface area contributed by atoms with E-state index in [4.69, 9.17) is 0 Å². The largest absolute Gasteiger partial charge is 0.378 e. The van der Waals surface area contributed by atoms with Crippen LogP contribution in [-0.2, 0) is 0 Å². The minimum atomic E-state index is -2.02. The lowest BCUT2D eigenvalue weighted by molar-refractivity contribution is 0.143. The van der Waals surface area contributed by atoms with Gasteiger partial charge in [0, 0.05) is 0 Å². The second-order valence-electron chi connectivity index (χ2n) is 5.62. The smallest absolute Gasteiger partial charge is 0.198 e. The summed E-state index contributed by atoms with van der Waals surface area (Å²) in [6, 6.07) is 0. The van der Waals surface area contributed by atoms with Gasteiger partial charge in [-0.05, 0) is 27.7 Å². The molecule has 0 atom stereocenters. The highest BCUT2D eigenvalue weighted by atomic mass is 19.2. The summed E-state index contributed by atoms with van der Waals surface area (Å²) < 4.78 is 54.2. The average Bonchev–Trinajstić information content (AvgIpc) is 2.35. The van der Waals surface area contributed by atoms with E-state index in [2.05, 4.69) is 23.7 Å². The van der Waals surface area contributed by atoms with Gasteiger partial charge in [-0.2, -0.15) is 0 Å². The Balaban J connectivity index is 3.71. The van der Waals surface area contributed by atoms with E-state index in [0.717, 1.165) is 0 Å². The zero-order chi connectivity index (χ0) is 17.3. The number of benzene rings is 1. The SMILES string of the molecule is CC(C)(O)C#Cc1c(F)c(F)c(F)c(F)c1C#CC(C)(C)O. The molecule has 1 aromatic rings. The predicted molar refractivity (Wildman–Crippen MR) is 72.6 cm³/mol. The number of halogens is 4. The molecule has 0 heterocycles. The molecule has 0 aliphatic heterocycles. The van der Waals surface area contributed by atoms with Crippen molar-refractivity contribution in [3.63, 3.8) is 0 Å². The molecule has 0 aromatic heterocycles. The Morgan fingerprint density at radius 2 is 0.909 bits per heavy atom. The fourth-order valence-corrected chi connectivity index (χ4v) is 1.30. The van der Waals surface area contributed by atoms with Crippen LogP contribution in [0.5, 0.6) is 0 Å². The quantitative estimate of drug-likeness (QED) is 0.334. The van der Waals surface area contributed by atoms with Gasteiger partial charge in [0.25, 0.3) is 0 Å². The number of hydrogen-bond acceptors (Lipinski definition) is 2. The predicted octanol–water partition coefficient (Wildman–Crippen LogP) is 2.49. The Morgan fingerprint density at radius 3 is 1.14 bits per heavy atom. The van der Waals surface area contributed by atoms with E-state index in [9.17, 15) is 27.8 Å². The minimum Gasteiger partial charge on any atom is -0.378 e. The van der Waals surface area contributed by atoms with Gasteiger partial charge in [0.2, 0.25) is 0 Å². The van der Waals surface area contributed by atoms with E-state index in [0.29, 0.717) is 0 Å². The molecular weight excluding hydrogens is 300 g/mol. The average molecular weight is 314 g/mol. The molecule has 2 nitrogen and oxygen atoms in total. The molecule has 0 radical (unpaired) electrons. The maximum Gasteiger partial charge on any atom is 0.198 e. The molecule has 1 rings (SSSR count). The first kappa shape index (κ1) is 18.0. The van der Waals surface area contributed by atoms with Gasteiger partial charge in [0.05, 0.1) is 11.1 Å². The summed E-state index contributed by atoms with van der Waals surface area (Å²) in [5.74, 6) is 0.993. The number of aliphatic hydroxyl groups is 2. The number of hydrogen-bond donors (Lipinski definition) is 2. The lowest BCUT2D eigenvalue weighted by Gasteiger charge is -2.09. The van der Waals surface area contributed by atoms with Crippen LogP contribution >= 0.6 is 0 Å². The van der Waals surface area contributed by atoms with Crippen molar-refractivity contribution in [1.29, 1.82) is 0 Å². The zero-order valence-electron chi connectivity index (χ0n) is 12.4. The third kappa shape index (κ3) is 4.49. The summed E-state index contributed by atoms with van der Waals surface area (Å²) in [7, 11) is 0. The first-order valence-corrected chi connectivity index (χ1v) is 6.20. The minimum absolute atomic E-state index is 0.824. The number of rotatable bonds is 0. The summed E-state index contributed by atoms with van der Waals surface area (Å²) in [5, 5.41) is 19.0. The van der Waals surface area contributed by atoms with Crippen LogP contribution in [0.1, 0.15) is 38.8 Å². The van der Waals surface area contributed by atoms with Crippen LogP contribution in [0.4, 0.5) is 17.6 Å². The molecule has 0 fully saturated rings. The lowest BCUT2D eigenvalue weighted by atomic mass is 10.0. The molecule has 0 aliphatic carbocycles. The fourth-order valence-electron chi connectivity index (χ4n) is 1.30. The van der Waals surface area contributed by atoms with E-state index in [1.54, 1.807) is 0 Å². The van der Waals surface area contributed by atoms with Gasteiger partial charge in [-0.15, -0.1) is 0 Å². The summed E-state index contributed by atoms with van der Waals surface area (Å²) in [6.45, 7) is 5.10. The van der Waals surface area contributed by atoms with Crippen LogP contribution in [0, 0.1) is 47.0 Å². The Bertz CT molecular complexity index is 655. The van der Waals surface area contributed by atoms with Crippen molar-refractivity contribution in [2.75, 3.05) is 0 Å². The Kier molecular flexibility index (Phi) is 4.92. The van der Waals surface area contributed by atoms with E-state index in [-0.39, 0.29) is 0 Å². The molecule has 6 heteroatoms. The van der Waals surface area contributed by atoms with Crippen LogP contribution in [-0.4, -0.2) is 21.4 Å². The van der Waals surface area contributed by atoms with Gasteiger partial charge >= 0.3 is 0 Å². The Hall–Kier alpha value is -2.02. The highest BCUT2D eigenvalue weighted by Crippen LogP contribution is 2.23. The van der Waals surface area contributed by atoms with Crippen molar-refractivity contribution >= 4 is 0 Å². The highest BCUT2D eigenvalue weighted by molar-refractivity contribution is 5.53. The molecule has 0 aliphatic rings. The molecule has 2 N–H and O–H groups in total. The second kappa shape index (κ2) is 6.00. The van der Waals surface area contributed by atoms with Crippen LogP contribution in [0.15, 0.2) is 0 Å². The van der Waals surface area contributed by atoms with Crippen molar-refractivity contribution in [1.82, 2.24) is 0 Å². The van der Waals surface area contributed by atoms with Gasteiger partial charge < -0.3 is 10.2 Å². The van der Waals surface area contributed by atoms with E-state index in [1.165, 1.54) is 27.7 Å². The molecule has 1 aromatic carbocycles. The van der Waals surface area contributed by atoms with Gasteiger partial charge in [0.1, 0.15) is 11.2 Å². The molecule has 0 unspecified atom stereocenters. The molecule has 0 saturated heterocycles. The monoisotopic (exact) mass is 314 g/mol. The highest BCUT2D eigenvalue weighted by Gasteiger charge is 2.24. The van der Waals surface area contributed by atoms with E-state index < -0.39 is 45.6 Å². The van der Waals surface area contributed by atoms with Gasteiger partial charge in [-0.1, -0.05) is 23.7 Å². The third-order valence-electron chi connectivity index (χ3n) is 2.25. The van der Waals surface area contributed by atoms with Crippen LogP contribution < -0.4 is 0 Å². The van der Waals surface area contributed by atoms with E-state index >= 15 is 0 Å². The van der Waals surface area contributed by atoms with Crippen molar-refractivity contribution < 1.29 is 27.8 Å². The van der Waals surface area contributed by atoms with Crippen LogP contribution in [0.25, 0.3) is 0 Å². The van der Waals surface area contributed by atoms with Crippen LogP contribution in [0.2, 0.25) is 0 Å². The fraction of sp³-hybridized carbons (Fsp3) is 0.375. The molecule has 0 spiro atoms.